The molecule has 0 aliphatic carbocycles. The summed E-state index contributed by atoms with van der Waals surface area (Å²) in [5.41, 5.74) is 1.27. The molecule has 4 rings (SSSR count). The second kappa shape index (κ2) is 11.0. The lowest BCUT2D eigenvalue weighted by atomic mass is 9.83. The lowest BCUT2D eigenvalue weighted by Crippen LogP contribution is -2.45. The molecule has 0 spiro atoms. The van der Waals surface area contributed by atoms with Gasteiger partial charge in [-0.3, -0.25) is 0 Å². The number of rotatable bonds is 8. The number of benzene rings is 2. The normalized spacial score (nSPS) is 22.3. The van der Waals surface area contributed by atoms with Gasteiger partial charge in [-0.05, 0) is 49.5 Å². The molecule has 0 aromatic heterocycles. The molecule has 0 bridgehead atoms. The second-order valence-electron chi connectivity index (χ2n) is 9.75. The minimum atomic E-state index is -0.837. The summed E-state index contributed by atoms with van der Waals surface area (Å²) >= 11 is 1.32. The minimum Gasteiger partial charge on any atom is -0.511 e. The van der Waals surface area contributed by atoms with E-state index in [0.717, 1.165) is 55.2 Å². The largest absolute Gasteiger partial charge is 0.511 e. The summed E-state index contributed by atoms with van der Waals surface area (Å²) in [6, 6.07) is 18.0. The van der Waals surface area contributed by atoms with Crippen LogP contribution in [0.3, 0.4) is 0 Å². The average Bonchev–Trinajstić information content (AvgIpc) is 2.83. The first kappa shape index (κ1) is 24.8. The summed E-state index contributed by atoms with van der Waals surface area (Å²) in [5.74, 6) is 0.0167. The van der Waals surface area contributed by atoms with Crippen LogP contribution in [0.4, 0.5) is 0 Å². The number of cyclic esters (lactones) is 1. The highest BCUT2D eigenvalue weighted by atomic mass is 32.2. The number of aliphatic hydroxyl groups is 1. The number of carbonyl (C=O) groups is 1. The maximum atomic E-state index is 13.3. The van der Waals surface area contributed by atoms with E-state index in [2.05, 4.69) is 36.8 Å². The highest BCUT2D eigenvalue weighted by Crippen LogP contribution is 2.45. The van der Waals surface area contributed by atoms with Crippen molar-refractivity contribution in [1.82, 2.24) is 9.80 Å². The zero-order valence-corrected chi connectivity index (χ0v) is 21.3. The fraction of sp³-hybridized carbons (Fsp3) is 0.464. The average molecular weight is 481 g/mol. The van der Waals surface area contributed by atoms with Gasteiger partial charge in [0.1, 0.15) is 16.3 Å². The predicted molar refractivity (Wildman–Crippen MR) is 138 cm³/mol. The lowest BCUT2D eigenvalue weighted by Gasteiger charge is -2.38. The van der Waals surface area contributed by atoms with Crippen LogP contribution in [-0.4, -0.2) is 60.6 Å². The Hall–Kier alpha value is -2.28. The fourth-order valence-corrected chi connectivity index (χ4v) is 5.94. The van der Waals surface area contributed by atoms with E-state index in [-0.39, 0.29) is 5.76 Å². The van der Waals surface area contributed by atoms with Gasteiger partial charge in [-0.1, -0.05) is 74.1 Å². The van der Waals surface area contributed by atoms with E-state index in [1.165, 1.54) is 11.8 Å². The Morgan fingerprint density at radius 3 is 2.38 bits per heavy atom. The quantitative estimate of drug-likeness (QED) is 0.501. The number of hydrogen-bond donors (Lipinski definition) is 1. The molecule has 5 nitrogen and oxygen atoms in total. The number of likely N-dealkylation sites (N-methyl/N-ethyl adjacent to an activating group) is 1. The molecule has 182 valence electrons. The van der Waals surface area contributed by atoms with Crippen LogP contribution in [0.1, 0.15) is 50.2 Å². The smallest absolute Gasteiger partial charge is 0.349 e. The monoisotopic (exact) mass is 480 g/mol. The van der Waals surface area contributed by atoms with Gasteiger partial charge in [0.25, 0.3) is 0 Å². The Morgan fingerprint density at radius 1 is 1.03 bits per heavy atom. The van der Waals surface area contributed by atoms with E-state index < -0.39 is 11.6 Å². The summed E-state index contributed by atoms with van der Waals surface area (Å²) in [7, 11) is 2.16. The third-order valence-electron chi connectivity index (χ3n) is 6.89. The molecule has 34 heavy (non-hydrogen) atoms. The summed E-state index contributed by atoms with van der Waals surface area (Å²) in [6.07, 6.45) is 1.88. The van der Waals surface area contributed by atoms with Crippen molar-refractivity contribution in [2.75, 3.05) is 39.8 Å². The molecule has 2 aliphatic heterocycles. The molecule has 2 heterocycles. The van der Waals surface area contributed by atoms with E-state index in [4.69, 9.17) is 4.74 Å². The van der Waals surface area contributed by atoms with Gasteiger partial charge in [-0.15, -0.1) is 0 Å². The molecule has 1 fully saturated rings. The molecule has 2 aromatic carbocycles. The van der Waals surface area contributed by atoms with Crippen LogP contribution in [-0.2, 0) is 15.1 Å². The standard InChI is InChI=1S/C28H36N2O3S/c1-21(2)23-12-7-8-13-25(23)34-26-24(31)20-28(33-27(26)32,22-10-5-4-6-11-22)14-9-15-30-18-16-29(3)17-19-30/h4-8,10-13,21,31H,9,14-20H2,1-3H3. The molecule has 1 N–H and O–H groups in total. The third-order valence-corrected chi connectivity index (χ3v) is 8.09. The molecule has 2 aliphatic rings. The Kier molecular flexibility index (Phi) is 8.02. The van der Waals surface area contributed by atoms with Gasteiger partial charge in [-0.25, -0.2) is 4.79 Å². The molecule has 1 atom stereocenters. The van der Waals surface area contributed by atoms with Crippen LogP contribution in [0.2, 0.25) is 0 Å². The van der Waals surface area contributed by atoms with Crippen LogP contribution in [0.25, 0.3) is 0 Å². The van der Waals surface area contributed by atoms with Gasteiger partial charge in [0, 0.05) is 31.1 Å². The molecule has 2 aromatic rings. The number of carbonyl (C=O) groups excluding carboxylic acids is 1. The first-order chi connectivity index (χ1) is 16.4. The Morgan fingerprint density at radius 2 is 1.71 bits per heavy atom. The van der Waals surface area contributed by atoms with E-state index in [0.29, 0.717) is 23.7 Å². The van der Waals surface area contributed by atoms with E-state index >= 15 is 0 Å². The van der Waals surface area contributed by atoms with E-state index in [9.17, 15) is 9.90 Å². The maximum Gasteiger partial charge on any atom is 0.349 e. The van der Waals surface area contributed by atoms with Gasteiger partial charge in [-0.2, -0.15) is 0 Å². The number of piperazine rings is 1. The Balaban J connectivity index is 1.54. The highest BCUT2D eigenvalue weighted by Gasteiger charge is 2.43. The third kappa shape index (κ3) is 5.68. The summed E-state index contributed by atoms with van der Waals surface area (Å²) in [5, 5.41) is 11.1. The van der Waals surface area contributed by atoms with Crippen molar-refractivity contribution in [3.8, 4) is 0 Å². The second-order valence-corrected chi connectivity index (χ2v) is 10.8. The van der Waals surface area contributed by atoms with Crippen LogP contribution in [0.5, 0.6) is 0 Å². The van der Waals surface area contributed by atoms with Gasteiger partial charge < -0.3 is 19.6 Å². The van der Waals surface area contributed by atoms with Crippen molar-refractivity contribution < 1.29 is 14.6 Å². The molecule has 6 heteroatoms. The molecule has 0 radical (unpaired) electrons. The van der Waals surface area contributed by atoms with Gasteiger partial charge in [0.15, 0.2) is 0 Å². The van der Waals surface area contributed by atoms with Gasteiger partial charge in [0.2, 0.25) is 0 Å². The van der Waals surface area contributed by atoms with Crippen LogP contribution >= 0.6 is 11.8 Å². The summed E-state index contributed by atoms with van der Waals surface area (Å²) in [6.45, 7) is 9.53. The van der Waals surface area contributed by atoms with Crippen LogP contribution in [0, 0.1) is 0 Å². The number of ether oxygens (including phenoxy) is 1. The molecular formula is C28H36N2O3S. The van der Waals surface area contributed by atoms with Crippen molar-refractivity contribution >= 4 is 17.7 Å². The lowest BCUT2D eigenvalue weighted by molar-refractivity contribution is -0.160. The zero-order valence-electron chi connectivity index (χ0n) is 20.5. The summed E-state index contributed by atoms with van der Waals surface area (Å²) < 4.78 is 6.22. The Bertz CT molecular complexity index is 1020. The topological polar surface area (TPSA) is 53.0 Å². The van der Waals surface area contributed by atoms with Crippen molar-refractivity contribution in [3.63, 3.8) is 0 Å². The van der Waals surface area contributed by atoms with Crippen LogP contribution < -0.4 is 0 Å². The van der Waals surface area contributed by atoms with E-state index in [1.54, 1.807) is 0 Å². The van der Waals surface area contributed by atoms with Crippen molar-refractivity contribution in [2.24, 2.45) is 0 Å². The van der Waals surface area contributed by atoms with Crippen molar-refractivity contribution in [3.05, 3.63) is 76.4 Å². The number of thioether (sulfide) groups is 1. The first-order valence-electron chi connectivity index (χ1n) is 12.3. The van der Waals surface area contributed by atoms with Crippen molar-refractivity contribution in [1.29, 1.82) is 0 Å². The summed E-state index contributed by atoms with van der Waals surface area (Å²) in [4.78, 5) is 19.4. The maximum absolute atomic E-state index is 13.3. The fourth-order valence-electron chi connectivity index (χ4n) is 4.84. The van der Waals surface area contributed by atoms with Gasteiger partial charge >= 0.3 is 5.97 Å². The van der Waals surface area contributed by atoms with Gasteiger partial charge in [0.05, 0.1) is 6.42 Å². The van der Waals surface area contributed by atoms with Crippen molar-refractivity contribution in [2.45, 2.75) is 49.5 Å². The zero-order chi connectivity index (χ0) is 24.1. The molecule has 1 saturated heterocycles. The molecule has 0 amide bonds. The number of aliphatic hydroxyl groups excluding tert-OH is 1. The molecule has 0 saturated carbocycles. The number of esters is 1. The first-order valence-corrected chi connectivity index (χ1v) is 13.1. The van der Waals surface area contributed by atoms with Crippen LogP contribution in [0.15, 0.2) is 70.2 Å². The SMILES string of the molecule is CC(C)c1ccccc1SC1=C(O)CC(CCCN2CCN(C)CC2)(c2ccccc2)OC1=O. The predicted octanol–water partition coefficient (Wildman–Crippen LogP) is 5.54. The Labute approximate surface area is 207 Å². The molecular weight excluding hydrogens is 444 g/mol. The number of hydrogen-bond acceptors (Lipinski definition) is 6. The van der Waals surface area contributed by atoms with E-state index in [1.807, 2.05) is 48.5 Å². The highest BCUT2D eigenvalue weighted by molar-refractivity contribution is 8.04. The number of nitrogens with zero attached hydrogens (tertiary/aromatic N) is 2. The minimum absolute atomic E-state index is 0.128. The molecule has 1 unspecified atom stereocenters.